The zero-order valence-corrected chi connectivity index (χ0v) is 15.9. The van der Waals surface area contributed by atoms with Crippen molar-refractivity contribution in [1.82, 2.24) is 9.97 Å². The zero-order valence-electron chi connectivity index (χ0n) is 15.9. The summed E-state index contributed by atoms with van der Waals surface area (Å²) in [5, 5.41) is 0. The predicted octanol–water partition coefficient (Wildman–Crippen LogP) is 5.67. The number of benzene rings is 3. The molecule has 0 fully saturated rings. The normalized spacial score (nSPS) is 10.6. The molecule has 0 amide bonds. The highest BCUT2D eigenvalue weighted by molar-refractivity contribution is 5.67. The summed E-state index contributed by atoms with van der Waals surface area (Å²) in [7, 11) is 1.65. The van der Waals surface area contributed by atoms with Crippen molar-refractivity contribution in [3.05, 3.63) is 102 Å². The van der Waals surface area contributed by atoms with Crippen LogP contribution in [0.25, 0.3) is 11.4 Å². The molecule has 0 aliphatic carbocycles. The lowest BCUT2D eigenvalue weighted by Gasteiger charge is -2.13. The van der Waals surface area contributed by atoms with Crippen molar-refractivity contribution in [2.45, 2.75) is 6.42 Å². The third-order valence-corrected chi connectivity index (χ3v) is 4.46. The molecule has 0 unspecified atom stereocenters. The van der Waals surface area contributed by atoms with Crippen LogP contribution in [0.1, 0.15) is 11.1 Å². The first-order chi connectivity index (χ1) is 14.2. The van der Waals surface area contributed by atoms with Crippen LogP contribution in [0.5, 0.6) is 17.2 Å². The van der Waals surface area contributed by atoms with Gasteiger partial charge in [0, 0.05) is 6.42 Å². The molecule has 0 saturated heterocycles. The first-order valence-corrected chi connectivity index (χ1v) is 9.18. The van der Waals surface area contributed by atoms with Crippen LogP contribution < -0.4 is 9.47 Å². The van der Waals surface area contributed by atoms with Gasteiger partial charge in [0.15, 0.2) is 11.6 Å². The minimum Gasteiger partial charge on any atom is -0.496 e. The number of hydrogen-bond donors (Lipinski definition) is 0. The molecule has 0 spiro atoms. The van der Waals surface area contributed by atoms with Gasteiger partial charge in [0.1, 0.15) is 17.3 Å². The Hall–Kier alpha value is -3.73. The Balaban J connectivity index is 1.59. The number of ether oxygens (including phenoxy) is 2. The summed E-state index contributed by atoms with van der Waals surface area (Å²) in [5.41, 5.74) is 3.08. The fraction of sp³-hybridized carbons (Fsp3) is 0.0833. The third kappa shape index (κ3) is 4.41. The van der Waals surface area contributed by atoms with E-state index in [1.165, 1.54) is 17.7 Å². The number of halogens is 1. The van der Waals surface area contributed by atoms with E-state index in [2.05, 4.69) is 22.1 Å². The SMILES string of the molecule is COc1c(Cc2ccccc2)cccc1-c1ncc(Oc2ccc(F)cc2)cn1. The minimum absolute atomic E-state index is 0.313. The lowest BCUT2D eigenvalue weighted by Crippen LogP contribution is -1.98. The standard InChI is InChI=1S/C24H19FN2O2/c1-28-23-18(14-17-6-3-2-4-7-17)8-5-9-22(23)24-26-15-21(16-27-24)29-20-12-10-19(25)11-13-20/h2-13,15-16H,14H2,1H3. The van der Waals surface area contributed by atoms with E-state index in [1.54, 1.807) is 31.6 Å². The van der Waals surface area contributed by atoms with Gasteiger partial charge in [0.2, 0.25) is 0 Å². The van der Waals surface area contributed by atoms with Crippen molar-refractivity contribution >= 4 is 0 Å². The third-order valence-electron chi connectivity index (χ3n) is 4.46. The second kappa shape index (κ2) is 8.52. The average Bonchev–Trinajstić information content (AvgIpc) is 2.76. The highest BCUT2D eigenvalue weighted by Crippen LogP contribution is 2.33. The van der Waals surface area contributed by atoms with Crippen LogP contribution in [0.4, 0.5) is 4.39 Å². The zero-order chi connectivity index (χ0) is 20.1. The lowest BCUT2D eigenvalue weighted by molar-refractivity contribution is 0.412. The van der Waals surface area contributed by atoms with Crippen LogP contribution in [0.2, 0.25) is 0 Å². The van der Waals surface area contributed by atoms with Crippen molar-refractivity contribution in [2.24, 2.45) is 0 Å². The van der Waals surface area contributed by atoms with E-state index in [1.807, 2.05) is 36.4 Å². The molecule has 0 saturated carbocycles. The highest BCUT2D eigenvalue weighted by atomic mass is 19.1. The van der Waals surface area contributed by atoms with Crippen LogP contribution in [0, 0.1) is 5.82 Å². The van der Waals surface area contributed by atoms with E-state index >= 15 is 0 Å². The summed E-state index contributed by atoms with van der Waals surface area (Å²) in [5.74, 6) is 1.98. The van der Waals surface area contributed by atoms with Gasteiger partial charge in [-0.2, -0.15) is 0 Å². The summed E-state index contributed by atoms with van der Waals surface area (Å²) in [6.07, 6.45) is 3.94. The number of aromatic nitrogens is 2. The largest absolute Gasteiger partial charge is 0.496 e. The van der Waals surface area contributed by atoms with Gasteiger partial charge < -0.3 is 9.47 Å². The van der Waals surface area contributed by atoms with Gasteiger partial charge in [-0.15, -0.1) is 0 Å². The molecule has 0 aliphatic heterocycles. The monoisotopic (exact) mass is 386 g/mol. The molecule has 144 valence electrons. The van der Waals surface area contributed by atoms with E-state index in [0.29, 0.717) is 17.3 Å². The van der Waals surface area contributed by atoms with Crippen LogP contribution in [-0.4, -0.2) is 17.1 Å². The summed E-state index contributed by atoms with van der Waals surface area (Å²) in [4.78, 5) is 8.86. The van der Waals surface area contributed by atoms with E-state index in [-0.39, 0.29) is 5.82 Å². The predicted molar refractivity (Wildman–Crippen MR) is 110 cm³/mol. The number of para-hydroxylation sites is 1. The molecule has 0 aliphatic rings. The molecule has 29 heavy (non-hydrogen) atoms. The van der Waals surface area contributed by atoms with Crippen molar-refractivity contribution in [1.29, 1.82) is 0 Å². The van der Waals surface area contributed by atoms with Gasteiger partial charge >= 0.3 is 0 Å². The Bertz CT molecular complexity index is 1080. The van der Waals surface area contributed by atoms with E-state index in [0.717, 1.165) is 23.3 Å². The van der Waals surface area contributed by atoms with Crippen molar-refractivity contribution in [3.63, 3.8) is 0 Å². The summed E-state index contributed by atoms with van der Waals surface area (Å²) >= 11 is 0. The molecule has 0 atom stereocenters. The van der Waals surface area contributed by atoms with E-state index in [4.69, 9.17) is 9.47 Å². The van der Waals surface area contributed by atoms with Crippen LogP contribution in [0.15, 0.2) is 85.2 Å². The van der Waals surface area contributed by atoms with E-state index < -0.39 is 0 Å². The minimum atomic E-state index is -0.313. The summed E-state index contributed by atoms with van der Waals surface area (Å²) < 4.78 is 24.4. The second-order valence-electron chi connectivity index (χ2n) is 6.46. The summed E-state index contributed by atoms with van der Waals surface area (Å²) in [6.45, 7) is 0. The van der Waals surface area contributed by atoms with Crippen molar-refractivity contribution < 1.29 is 13.9 Å². The molecule has 1 heterocycles. The first kappa shape index (κ1) is 18.6. The van der Waals surface area contributed by atoms with Crippen molar-refractivity contribution in [2.75, 3.05) is 7.11 Å². The van der Waals surface area contributed by atoms with Gasteiger partial charge in [0.25, 0.3) is 0 Å². The topological polar surface area (TPSA) is 44.2 Å². The number of nitrogens with zero attached hydrogens (tertiary/aromatic N) is 2. The van der Waals surface area contributed by atoms with E-state index in [9.17, 15) is 4.39 Å². The molecule has 4 nitrogen and oxygen atoms in total. The number of rotatable bonds is 6. The molecule has 0 N–H and O–H groups in total. The van der Waals surface area contributed by atoms with Crippen LogP contribution >= 0.6 is 0 Å². The van der Waals surface area contributed by atoms with Gasteiger partial charge in [0.05, 0.1) is 25.1 Å². The molecule has 0 bridgehead atoms. The van der Waals surface area contributed by atoms with Crippen molar-refractivity contribution in [3.8, 4) is 28.6 Å². The molecular formula is C24H19FN2O2. The fourth-order valence-corrected chi connectivity index (χ4v) is 3.10. The molecule has 0 radical (unpaired) electrons. The Kier molecular flexibility index (Phi) is 5.47. The van der Waals surface area contributed by atoms with Gasteiger partial charge in [-0.05, 0) is 41.5 Å². The molecule has 5 heteroatoms. The Morgan fingerprint density at radius 2 is 1.52 bits per heavy atom. The average molecular weight is 386 g/mol. The smallest absolute Gasteiger partial charge is 0.164 e. The Morgan fingerprint density at radius 1 is 0.793 bits per heavy atom. The summed E-state index contributed by atoms with van der Waals surface area (Å²) in [6, 6.07) is 22.0. The molecule has 4 rings (SSSR count). The molecular weight excluding hydrogens is 367 g/mol. The maximum Gasteiger partial charge on any atom is 0.164 e. The van der Waals surface area contributed by atoms with Crippen LogP contribution in [0.3, 0.4) is 0 Å². The maximum absolute atomic E-state index is 13.0. The fourth-order valence-electron chi connectivity index (χ4n) is 3.10. The lowest BCUT2D eigenvalue weighted by atomic mass is 10.0. The first-order valence-electron chi connectivity index (χ1n) is 9.18. The highest BCUT2D eigenvalue weighted by Gasteiger charge is 2.14. The van der Waals surface area contributed by atoms with Gasteiger partial charge in [-0.3, -0.25) is 0 Å². The van der Waals surface area contributed by atoms with Crippen LogP contribution in [-0.2, 0) is 6.42 Å². The molecule has 1 aromatic heterocycles. The van der Waals surface area contributed by atoms with Gasteiger partial charge in [-0.1, -0.05) is 42.5 Å². The molecule has 3 aromatic carbocycles. The number of hydrogen-bond acceptors (Lipinski definition) is 4. The Morgan fingerprint density at radius 3 is 2.21 bits per heavy atom. The van der Waals surface area contributed by atoms with Gasteiger partial charge in [-0.25, -0.2) is 14.4 Å². The molecule has 4 aromatic rings. The maximum atomic E-state index is 13.0. The Labute approximate surface area is 168 Å². The number of methoxy groups -OCH3 is 1. The quantitative estimate of drug-likeness (QED) is 0.428. The second-order valence-corrected chi connectivity index (χ2v) is 6.46.